The van der Waals surface area contributed by atoms with Crippen LogP contribution in [0.1, 0.15) is 62.9 Å². The number of hydrogen-bond donors (Lipinski definition) is 1. The second kappa shape index (κ2) is 8.84. The highest BCUT2D eigenvalue weighted by Crippen LogP contribution is 2.35. The Balaban J connectivity index is 1.55. The van der Waals surface area contributed by atoms with Gasteiger partial charge in [0.1, 0.15) is 0 Å². The molecule has 2 aliphatic rings. The van der Waals surface area contributed by atoms with Crippen molar-refractivity contribution in [3.63, 3.8) is 0 Å². The summed E-state index contributed by atoms with van der Waals surface area (Å²) in [7, 11) is 0. The molecule has 6 nitrogen and oxygen atoms in total. The lowest BCUT2D eigenvalue weighted by Crippen LogP contribution is -2.40. The van der Waals surface area contributed by atoms with Crippen molar-refractivity contribution in [1.29, 1.82) is 0 Å². The molecular weight excluding hydrogens is 396 g/mol. The van der Waals surface area contributed by atoms with Crippen molar-refractivity contribution in [1.82, 2.24) is 9.55 Å². The number of carbonyl (C=O) groups excluding carboxylic acids is 2. The van der Waals surface area contributed by atoms with Crippen molar-refractivity contribution in [2.75, 3.05) is 16.0 Å². The van der Waals surface area contributed by atoms with E-state index in [-0.39, 0.29) is 17.9 Å². The molecular formula is C23H30N4O2S. The van der Waals surface area contributed by atoms with Crippen LogP contribution in [-0.2, 0) is 9.59 Å². The molecule has 1 aromatic heterocycles. The molecule has 2 heterocycles. The molecule has 0 saturated heterocycles. The smallest absolute Gasteiger partial charge is 0.237 e. The number of nitrogens with zero attached hydrogens (tertiary/aromatic N) is 3. The summed E-state index contributed by atoms with van der Waals surface area (Å²) in [6, 6.07) is 7.82. The van der Waals surface area contributed by atoms with E-state index in [9.17, 15) is 9.59 Å². The molecule has 0 bridgehead atoms. The number of carbonyl (C=O) groups is 2. The maximum atomic E-state index is 13.3. The molecule has 2 amide bonds. The van der Waals surface area contributed by atoms with Crippen LogP contribution < -0.4 is 10.2 Å². The summed E-state index contributed by atoms with van der Waals surface area (Å²) in [4.78, 5) is 32.1. The molecule has 2 aromatic rings. The molecule has 1 N–H and O–H groups in total. The number of para-hydroxylation sites is 2. The van der Waals surface area contributed by atoms with Gasteiger partial charge in [-0.2, -0.15) is 0 Å². The molecule has 160 valence electrons. The zero-order valence-electron chi connectivity index (χ0n) is 18.0. The lowest BCUT2D eigenvalue weighted by atomic mass is 9.95. The number of imidazole rings is 1. The fraction of sp³-hybridized carbons (Fsp3) is 0.522. The molecule has 1 aromatic carbocycles. The zero-order valence-corrected chi connectivity index (χ0v) is 18.8. The first-order valence-electron chi connectivity index (χ1n) is 10.8. The summed E-state index contributed by atoms with van der Waals surface area (Å²) >= 11 is 1.52. The minimum absolute atomic E-state index is 0.00458. The Bertz CT molecular complexity index is 949. The third kappa shape index (κ3) is 4.13. The van der Waals surface area contributed by atoms with Crippen LogP contribution in [0.15, 0.2) is 29.4 Å². The van der Waals surface area contributed by atoms with Gasteiger partial charge in [0.05, 0.1) is 22.8 Å². The number of amides is 2. The Morgan fingerprint density at radius 3 is 2.70 bits per heavy atom. The summed E-state index contributed by atoms with van der Waals surface area (Å²) < 4.78 is 2.36. The van der Waals surface area contributed by atoms with E-state index in [1.165, 1.54) is 49.6 Å². The molecule has 1 aliphatic carbocycles. The second-order valence-corrected chi connectivity index (χ2v) is 9.34. The lowest BCUT2D eigenvalue weighted by Gasteiger charge is -2.28. The first-order chi connectivity index (χ1) is 14.5. The van der Waals surface area contributed by atoms with Gasteiger partial charge in [-0.25, -0.2) is 4.98 Å². The topological polar surface area (TPSA) is 67.2 Å². The van der Waals surface area contributed by atoms with E-state index >= 15 is 0 Å². The quantitative estimate of drug-likeness (QED) is 0.709. The molecule has 4 rings (SSSR count). The molecule has 1 atom stereocenters. The predicted octanol–water partition coefficient (Wildman–Crippen LogP) is 4.86. The normalized spacial score (nSPS) is 19.9. The third-order valence-corrected chi connectivity index (χ3v) is 7.18. The average Bonchev–Trinajstić information content (AvgIpc) is 2.93. The molecule has 0 radical (unpaired) electrons. The van der Waals surface area contributed by atoms with Crippen LogP contribution >= 0.6 is 11.8 Å². The van der Waals surface area contributed by atoms with E-state index in [1.807, 2.05) is 38.1 Å². The van der Waals surface area contributed by atoms with Crippen LogP contribution in [0.5, 0.6) is 0 Å². The zero-order chi connectivity index (χ0) is 21.3. The molecule has 0 unspecified atom stereocenters. The number of benzene rings is 1. The van der Waals surface area contributed by atoms with Gasteiger partial charge in [0.15, 0.2) is 5.16 Å². The molecule has 7 heteroatoms. The first kappa shape index (κ1) is 21.0. The van der Waals surface area contributed by atoms with Crippen molar-refractivity contribution in [2.45, 2.75) is 76.5 Å². The van der Waals surface area contributed by atoms with Gasteiger partial charge >= 0.3 is 0 Å². The van der Waals surface area contributed by atoms with Crippen LogP contribution in [-0.4, -0.2) is 33.2 Å². The van der Waals surface area contributed by atoms with E-state index < -0.39 is 0 Å². The van der Waals surface area contributed by atoms with Crippen LogP contribution in [0.3, 0.4) is 0 Å². The van der Waals surface area contributed by atoms with E-state index in [2.05, 4.69) is 16.8 Å². The maximum absolute atomic E-state index is 13.3. The van der Waals surface area contributed by atoms with Gasteiger partial charge in [-0.05, 0) is 45.7 Å². The average molecular weight is 427 g/mol. The summed E-state index contributed by atoms with van der Waals surface area (Å²) in [5.74, 6) is 0.247. The molecule has 1 fully saturated rings. The van der Waals surface area contributed by atoms with Gasteiger partial charge < -0.3 is 14.8 Å². The van der Waals surface area contributed by atoms with Gasteiger partial charge in [-0.1, -0.05) is 43.2 Å². The number of thioether (sulfide) groups is 1. The number of rotatable bonds is 4. The standard InChI is InChI=1S/C23H30N4O2S/c1-15-13-21(28)25-19-11-7-8-12-20(19)26(15)22(29)14-30-23-24-16(2)17(3)27(23)18-9-5-4-6-10-18/h7-8,11-12,15,18H,4-6,9-10,13-14H2,1-3H3,(H,25,28)/t15-/m0/s1. The van der Waals surface area contributed by atoms with Gasteiger partial charge in [-0.15, -0.1) is 0 Å². The number of hydrogen-bond acceptors (Lipinski definition) is 4. The lowest BCUT2D eigenvalue weighted by molar-refractivity contribution is -0.117. The summed E-state index contributed by atoms with van der Waals surface area (Å²) in [6.07, 6.45) is 6.48. The maximum Gasteiger partial charge on any atom is 0.237 e. The predicted molar refractivity (Wildman–Crippen MR) is 121 cm³/mol. The Morgan fingerprint density at radius 1 is 1.20 bits per heavy atom. The van der Waals surface area contributed by atoms with Crippen molar-refractivity contribution >= 4 is 35.0 Å². The minimum atomic E-state index is -0.191. The highest BCUT2D eigenvalue weighted by atomic mass is 32.2. The molecule has 1 saturated carbocycles. The molecule has 0 spiro atoms. The van der Waals surface area contributed by atoms with Crippen LogP contribution in [0.4, 0.5) is 11.4 Å². The largest absolute Gasteiger partial charge is 0.324 e. The van der Waals surface area contributed by atoms with Gasteiger partial charge in [0, 0.05) is 24.2 Å². The summed E-state index contributed by atoms with van der Waals surface area (Å²) in [5, 5.41) is 3.86. The summed E-state index contributed by atoms with van der Waals surface area (Å²) in [6.45, 7) is 6.11. The van der Waals surface area contributed by atoms with Crippen molar-refractivity contribution in [2.24, 2.45) is 0 Å². The third-order valence-electron chi connectivity index (χ3n) is 6.25. The van der Waals surface area contributed by atoms with Gasteiger partial charge in [-0.3, -0.25) is 9.59 Å². The van der Waals surface area contributed by atoms with Crippen molar-refractivity contribution in [3.8, 4) is 0 Å². The highest BCUT2D eigenvalue weighted by Gasteiger charge is 2.30. The van der Waals surface area contributed by atoms with Gasteiger partial charge in [0.25, 0.3) is 0 Å². The second-order valence-electron chi connectivity index (χ2n) is 8.40. The monoisotopic (exact) mass is 426 g/mol. The first-order valence-corrected chi connectivity index (χ1v) is 11.8. The molecule has 1 aliphatic heterocycles. The summed E-state index contributed by atoms with van der Waals surface area (Å²) in [5.41, 5.74) is 3.71. The number of nitrogens with one attached hydrogen (secondary N) is 1. The fourth-order valence-electron chi connectivity index (χ4n) is 4.63. The number of aryl methyl sites for hydroxylation is 1. The molecule has 30 heavy (non-hydrogen) atoms. The number of anilines is 2. The highest BCUT2D eigenvalue weighted by molar-refractivity contribution is 7.99. The van der Waals surface area contributed by atoms with Crippen LogP contribution in [0.25, 0.3) is 0 Å². The van der Waals surface area contributed by atoms with Crippen molar-refractivity contribution in [3.05, 3.63) is 35.7 Å². The minimum Gasteiger partial charge on any atom is -0.324 e. The Kier molecular flexibility index (Phi) is 6.18. The van der Waals surface area contributed by atoms with Crippen molar-refractivity contribution < 1.29 is 9.59 Å². The van der Waals surface area contributed by atoms with E-state index in [1.54, 1.807) is 4.90 Å². The van der Waals surface area contributed by atoms with Crippen LogP contribution in [0, 0.1) is 13.8 Å². The fourth-order valence-corrected chi connectivity index (χ4v) is 5.65. The SMILES string of the molecule is Cc1nc(SCC(=O)N2c3ccccc3NC(=O)C[C@@H]2C)n(C2CCCCC2)c1C. The Labute approximate surface area is 182 Å². The van der Waals surface area contributed by atoms with E-state index in [0.717, 1.165) is 16.5 Å². The van der Waals surface area contributed by atoms with E-state index in [4.69, 9.17) is 4.98 Å². The van der Waals surface area contributed by atoms with E-state index in [0.29, 0.717) is 23.9 Å². The Hall–Kier alpha value is -2.28. The number of aromatic nitrogens is 2. The Morgan fingerprint density at radius 2 is 1.93 bits per heavy atom. The number of fused-ring (bicyclic) bond motifs is 1. The van der Waals surface area contributed by atoms with Gasteiger partial charge in [0.2, 0.25) is 11.8 Å². The van der Waals surface area contributed by atoms with Crippen LogP contribution in [0.2, 0.25) is 0 Å².